The summed E-state index contributed by atoms with van der Waals surface area (Å²) >= 11 is 0. The second-order valence-corrected chi connectivity index (χ2v) is 9.63. The summed E-state index contributed by atoms with van der Waals surface area (Å²) in [5, 5.41) is 0.449. The second-order valence-electron chi connectivity index (χ2n) is 9.63. The zero-order valence-electron chi connectivity index (χ0n) is 19.7. The predicted octanol–water partition coefficient (Wildman–Crippen LogP) is 5.59. The van der Waals surface area contributed by atoms with Gasteiger partial charge in [0.1, 0.15) is 11.2 Å². The Morgan fingerprint density at radius 3 is 2.06 bits per heavy atom. The summed E-state index contributed by atoms with van der Waals surface area (Å²) in [5.41, 5.74) is 5.65. The van der Waals surface area contributed by atoms with E-state index < -0.39 is 29.3 Å². The van der Waals surface area contributed by atoms with Crippen LogP contribution >= 0.6 is 0 Å². The highest BCUT2D eigenvalue weighted by Crippen LogP contribution is 2.28. The summed E-state index contributed by atoms with van der Waals surface area (Å²) in [6.45, 7) is 10.4. The zero-order valence-corrected chi connectivity index (χ0v) is 19.7. The molecule has 1 heterocycles. The Kier molecular flexibility index (Phi) is 6.22. The average molecular weight is 452 g/mol. The van der Waals surface area contributed by atoms with Crippen molar-refractivity contribution in [3.05, 3.63) is 60.3 Å². The number of nitrogens with two attached hydrogens (primary N) is 1. The van der Waals surface area contributed by atoms with E-state index in [0.29, 0.717) is 22.3 Å². The van der Waals surface area contributed by atoms with Gasteiger partial charge in [0, 0.05) is 17.3 Å². The molecule has 0 saturated carbocycles. The highest BCUT2D eigenvalue weighted by Gasteiger charge is 2.32. The first kappa shape index (κ1) is 23.8. The molecule has 0 fully saturated rings. The molecule has 0 radical (unpaired) electrons. The van der Waals surface area contributed by atoms with E-state index in [-0.39, 0.29) is 5.56 Å². The first-order valence-electron chi connectivity index (χ1n) is 10.5. The normalized spacial score (nSPS) is 11.8. The maximum absolute atomic E-state index is 13.7. The quantitative estimate of drug-likeness (QED) is 0.510. The number of carbonyl (C=O) groups excluding carboxylic acids is 3. The summed E-state index contributed by atoms with van der Waals surface area (Å²) in [5.74, 6) is -0.646. The van der Waals surface area contributed by atoms with Crippen molar-refractivity contribution < 1.29 is 23.9 Å². The number of hydrogen-bond acceptors (Lipinski definition) is 6. The fourth-order valence-corrected chi connectivity index (χ4v) is 3.19. The Balaban J connectivity index is 2.15. The Morgan fingerprint density at radius 2 is 1.48 bits per heavy atom. The molecule has 2 aromatic carbocycles. The molecule has 174 valence electrons. The molecule has 3 aromatic rings. The van der Waals surface area contributed by atoms with Gasteiger partial charge in [0.25, 0.3) is 5.91 Å². The zero-order chi connectivity index (χ0) is 24.6. The van der Waals surface area contributed by atoms with Crippen LogP contribution < -0.4 is 10.6 Å². The number of fused-ring (bicyclic) bond motifs is 1. The average Bonchev–Trinajstić information content (AvgIpc) is 3.05. The van der Waals surface area contributed by atoms with E-state index in [1.807, 2.05) is 0 Å². The highest BCUT2D eigenvalue weighted by atomic mass is 16.6. The first-order chi connectivity index (χ1) is 15.3. The van der Waals surface area contributed by atoms with E-state index in [4.69, 9.17) is 15.2 Å². The van der Waals surface area contributed by atoms with Gasteiger partial charge in [-0.15, -0.1) is 0 Å². The largest absolute Gasteiger partial charge is 0.443 e. The van der Waals surface area contributed by atoms with Crippen LogP contribution in [0.25, 0.3) is 10.9 Å². The number of nitrogens with zero attached hydrogens (tertiary/aromatic N) is 2. The SMILES string of the molecule is CC(C)(C)OC(=O)N(C(=O)c1cn(C(=O)OC(C)(C)C)c2cc(N)ccc12)c1ccccc1. The van der Waals surface area contributed by atoms with Gasteiger partial charge in [-0.2, -0.15) is 0 Å². The van der Waals surface area contributed by atoms with Gasteiger partial charge >= 0.3 is 12.2 Å². The van der Waals surface area contributed by atoms with E-state index in [2.05, 4.69) is 0 Å². The molecule has 8 nitrogen and oxygen atoms in total. The van der Waals surface area contributed by atoms with Gasteiger partial charge in [0.15, 0.2) is 0 Å². The predicted molar refractivity (Wildman–Crippen MR) is 127 cm³/mol. The molecule has 0 bridgehead atoms. The summed E-state index contributed by atoms with van der Waals surface area (Å²) in [7, 11) is 0. The maximum atomic E-state index is 13.7. The number of carbonyl (C=O) groups is 3. The Bertz CT molecular complexity index is 1200. The number of anilines is 2. The second kappa shape index (κ2) is 8.61. The molecule has 33 heavy (non-hydrogen) atoms. The van der Waals surface area contributed by atoms with Crippen molar-refractivity contribution in [3.63, 3.8) is 0 Å². The van der Waals surface area contributed by atoms with E-state index in [1.54, 1.807) is 90.1 Å². The van der Waals surface area contributed by atoms with Crippen molar-refractivity contribution in [3.8, 4) is 0 Å². The molecule has 3 rings (SSSR count). The number of imide groups is 1. The molecule has 0 saturated heterocycles. The van der Waals surface area contributed by atoms with Gasteiger partial charge < -0.3 is 15.2 Å². The standard InChI is InChI=1S/C25H29N3O5/c1-24(2,3)32-22(30)27-15-19(18-13-12-16(26)14-20(18)27)21(29)28(17-10-8-7-9-11-17)23(31)33-25(4,5)6/h7-15H,26H2,1-6H3. The lowest BCUT2D eigenvalue weighted by atomic mass is 10.1. The van der Waals surface area contributed by atoms with Crippen LogP contribution in [0.5, 0.6) is 0 Å². The van der Waals surface area contributed by atoms with Crippen LogP contribution in [0.3, 0.4) is 0 Å². The minimum Gasteiger partial charge on any atom is -0.443 e. The molecule has 0 aliphatic heterocycles. The summed E-state index contributed by atoms with van der Waals surface area (Å²) in [6, 6.07) is 13.3. The third kappa shape index (κ3) is 5.52. The third-order valence-electron chi connectivity index (χ3n) is 4.44. The van der Waals surface area contributed by atoms with Gasteiger partial charge in [-0.25, -0.2) is 14.5 Å². The minimum absolute atomic E-state index is 0.130. The van der Waals surface area contributed by atoms with Crippen molar-refractivity contribution in [1.82, 2.24) is 4.57 Å². The number of amides is 2. The molecule has 0 unspecified atom stereocenters. The lowest BCUT2D eigenvalue weighted by molar-refractivity contribution is 0.0541. The maximum Gasteiger partial charge on any atom is 0.422 e. The Morgan fingerprint density at radius 1 is 0.879 bits per heavy atom. The van der Waals surface area contributed by atoms with Crippen LogP contribution in [-0.2, 0) is 9.47 Å². The van der Waals surface area contributed by atoms with Crippen molar-refractivity contribution in [1.29, 1.82) is 0 Å². The smallest absolute Gasteiger partial charge is 0.422 e. The number of rotatable bonds is 2. The highest BCUT2D eigenvalue weighted by molar-refractivity contribution is 6.24. The first-order valence-corrected chi connectivity index (χ1v) is 10.5. The minimum atomic E-state index is -0.827. The number of para-hydroxylation sites is 1. The van der Waals surface area contributed by atoms with E-state index in [1.165, 1.54) is 10.8 Å². The molecule has 2 N–H and O–H groups in total. The number of aromatic nitrogens is 1. The van der Waals surface area contributed by atoms with E-state index in [0.717, 1.165) is 4.90 Å². The van der Waals surface area contributed by atoms with Crippen LogP contribution in [-0.4, -0.2) is 33.9 Å². The number of hydrogen-bond donors (Lipinski definition) is 1. The van der Waals surface area contributed by atoms with Crippen LogP contribution in [0.15, 0.2) is 54.7 Å². The molecule has 2 amide bonds. The van der Waals surface area contributed by atoms with Gasteiger partial charge in [-0.05, 0) is 71.9 Å². The fraction of sp³-hybridized carbons (Fsp3) is 0.320. The number of nitrogen functional groups attached to an aromatic ring is 1. The molecular weight excluding hydrogens is 422 g/mol. The molecule has 0 aliphatic rings. The molecule has 0 aliphatic carbocycles. The lowest BCUT2D eigenvalue weighted by Crippen LogP contribution is -2.41. The molecule has 0 spiro atoms. The monoisotopic (exact) mass is 451 g/mol. The third-order valence-corrected chi connectivity index (χ3v) is 4.44. The lowest BCUT2D eigenvalue weighted by Gasteiger charge is -2.26. The number of ether oxygens (including phenoxy) is 2. The Labute approximate surface area is 192 Å². The van der Waals surface area contributed by atoms with Gasteiger partial charge in [-0.3, -0.25) is 9.36 Å². The summed E-state index contributed by atoms with van der Waals surface area (Å²) in [4.78, 5) is 40.6. The van der Waals surface area contributed by atoms with Gasteiger partial charge in [0.2, 0.25) is 0 Å². The van der Waals surface area contributed by atoms with Crippen molar-refractivity contribution >= 4 is 40.4 Å². The topological polar surface area (TPSA) is 104 Å². The fourth-order valence-electron chi connectivity index (χ4n) is 3.19. The van der Waals surface area contributed by atoms with Crippen LogP contribution in [0.1, 0.15) is 51.9 Å². The van der Waals surface area contributed by atoms with Crippen LogP contribution in [0.4, 0.5) is 21.0 Å². The van der Waals surface area contributed by atoms with E-state index in [9.17, 15) is 14.4 Å². The molecule has 1 aromatic heterocycles. The number of benzene rings is 2. The van der Waals surface area contributed by atoms with Gasteiger partial charge in [-0.1, -0.05) is 18.2 Å². The molecule has 0 atom stereocenters. The van der Waals surface area contributed by atoms with Crippen LogP contribution in [0.2, 0.25) is 0 Å². The van der Waals surface area contributed by atoms with Crippen molar-refractivity contribution in [2.24, 2.45) is 0 Å². The summed E-state index contributed by atoms with van der Waals surface area (Å²) in [6.07, 6.45) is -0.131. The van der Waals surface area contributed by atoms with E-state index >= 15 is 0 Å². The molecular formula is C25H29N3O5. The van der Waals surface area contributed by atoms with Gasteiger partial charge in [0.05, 0.1) is 16.8 Å². The van der Waals surface area contributed by atoms with Crippen molar-refractivity contribution in [2.75, 3.05) is 10.6 Å². The molecule has 8 heteroatoms. The van der Waals surface area contributed by atoms with Crippen LogP contribution in [0, 0.1) is 0 Å². The summed E-state index contributed by atoms with van der Waals surface area (Å²) < 4.78 is 12.2. The Hall–Kier alpha value is -3.81. The van der Waals surface area contributed by atoms with Crippen molar-refractivity contribution in [2.45, 2.75) is 52.7 Å².